The fourth-order valence-electron chi connectivity index (χ4n) is 1.32. The quantitative estimate of drug-likeness (QED) is 0.497. The van der Waals surface area contributed by atoms with Crippen LogP contribution in [0.15, 0.2) is 47.4 Å². The van der Waals surface area contributed by atoms with Crippen LogP contribution in [0.4, 0.5) is 0 Å². The van der Waals surface area contributed by atoms with Gasteiger partial charge in [-0.3, -0.25) is 0 Å². The standard InChI is InChI=1S/C11H9S/c1-12-11-8-4-6-9-5-2-3-7-10(9)11/h1-8,12H. The second-order valence-corrected chi connectivity index (χ2v) is 3.37. The average molecular weight is 173 g/mol. The van der Waals surface area contributed by atoms with Gasteiger partial charge in [-0.05, 0) is 22.7 Å². The summed E-state index contributed by atoms with van der Waals surface area (Å²) in [6, 6.07) is 14.5. The molecule has 0 saturated carbocycles. The highest BCUT2D eigenvalue weighted by Gasteiger charge is 1.93. The van der Waals surface area contributed by atoms with E-state index in [1.165, 1.54) is 15.7 Å². The molecule has 0 heterocycles. The maximum Gasteiger partial charge on any atom is 0.00672 e. The van der Waals surface area contributed by atoms with Gasteiger partial charge >= 0.3 is 0 Å². The van der Waals surface area contributed by atoms with Crippen molar-refractivity contribution in [3.05, 3.63) is 42.5 Å². The topological polar surface area (TPSA) is 0 Å². The monoisotopic (exact) mass is 173 g/mol. The van der Waals surface area contributed by atoms with Crippen molar-refractivity contribution in [2.45, 2.75) is 4.90 Å². The van der Waals surface area contributed by atoms with Crippen LogP contribution in [0.2, 0.25) is 0 Å². The Morgan fingerprint density at radius 2 is 1.67 bits per heavy atom. The first kappa shape index (κ1) is 7.56. The molecule has 0 fully saturated rings. The number of rotatable bonds is 1. The minimum atomic E-state index is 0.841. The Hall–Kier alpha value is -1.08. The summed E-state index contributed by atoms with van der Waals surface area (Å²) in [5.74, 6) is 5.59. The fourth-order valence-corrected chi connectivity index (χ4v) is 1.84. The van der Waals surface area contributed by atoms with E-state index >= 15 is 0 Å². The van der Waals surface area contributed by atoms with E-state index in [4.69, 9.17) is 5.87 Å². The van der Waals surface area contributed by atoms with Crippen molar-refractivity contribution < 1.29 is 0 Å². The maximum atomic E-state index is 5.59. The van der Waals surface area contributed by atoms with Crippen LogP contribution in [-0.2, 0) is 0 Å². The van der Waals surface area contributed by atoms with Gasteiger partial charge in [0.15, 0.2) is 0 Å². The molecule has 2 aromatic carbocycles. The van der Waals surface area contributed by atoms with Crippen LogP contribution in [-0.4, -0.2) is 5.87 Å². The zero-order valence-corrected chi connectivity index (χ0v) is 7.46. The van der Waals surface area contributed by atoms with Gasteiger partial charge in [0.2, 0.25) is 0 Å². The van der Waals surface area contributed by atoms with Crippen LogP contribution in [0, 0.1) is 0 Å². The minimum absolute atomic E-state index is 0.841. The third-order valence-electron chi connectivity index (χ3n) is 1.91. The lowest BCUT2D eigenvalue weighted by molar-refractivity contribution is 1.56. The minimum Gasteiger partial charge on any atom is -0.168 e. The van der Waals surface area contributed by atoms with E-state index in [2.05, 4.69) is 24.3 Å². The molecule has 12 heavy (non-hydrogen) atoms. The van der Waals surface area contributed by atoms with E-state index in [0.29, 0.717) is 0 Å². The van der Waals surface area contributed by atoms with Gasteiger partial charge in [-0.25, -0.2) is 0 Å². The summed E-state index contributed by atoms with van der Waals surface area (Å²) < 4.78 is 0. The second kappa shape index (κ2) is 3.11. The van der Waals surface area contributed by atoms with Crippen LogP contribution in [0.5, 0.6) is 0 Å². The number of thiol groups is 1. The maximum absolute atomic E-state index is 5.59. The van der Waals surface area contributed by atoms with Gasteiger partial charge in [0.05, 0.1) is 0 Å². The predicted octanol–water partition coefficient (Wildman–Crippen LogP) is 2.97. The van der Waals surface area contributed by atoms with Crippen molar-refractivity contribution in [2.75, 3.05) is 0 Å². The summed E-state index contributed by atoms with van der Waals surface area (Å²) in [5, 5.41) is 2.51. The zero-order valence-electron chi connectivity index (χ0n) is 6.57. The molecular formula is C11H9S. The van der Waals surface area contributed by atoms with Crippen LogP contribution in [0.25, 0.3) is 10.8 Å². The largest absolute Gasteiger partial charge is 0.168 e. The van der Waals surface area contributed by atoms with Crippen molar-refractivity contribution in [3.63, 3.8) is 0 Å². The number of hydrogen-bond acceptors (Lipinski definition) is 0. The second-order valence-electron chi connectivity index (χ2n) is 2.63. The lowest BCUT2D eigenvalue weighted by atomic mass is 10.1. The number of hydrogen-bond donors (Lipinski definition) is 1. The molecule has 0 amide bonds. The molecule has 0 nitrogen and oxygen atoms in total. The van der Waals surface area contributed by atoms with Crippen molar-refractivity contribution >= 4 is 28.0 Å². The lowest BCUT2D eigenvalue weighted by Crippen LogP contribution is -1.73. The molecule has 0 N–H and O–H groups in total. The van der Waals surface area contributed by atoms with Gasteiger partial charge in [0.25, 0.3) is 0 Å². The third-order valence-corrected chi connectivity index (χ3v) is 2.57. The number of benzene rings is 2. The highest BCUT2D eigenvalue weighted by Crippen LogP contribution is 2.22. The van der Waals surface area contributed by atoms with E-state index in [9.17, 15) is 0 Å². The Morgan fingerprint density at radius 1 is 0.917 bits per heavy atom. The van der Waals surface area contributed by atoms with Gasteiger partial charge in [-0.15, -0.1) is 0 Å². The molecule has 0 bridgehead atoms. The SMILES string of the molecule is [CH]=[SH]c1cccc2ccccc12. The molecule has 0 aliphatic heterocycles. The first-order chi connectivity index (χ1) is 5.92. The first-order valence-electron chi connectivity index (χ1n) is 3.80. The first-order valence-corrected chi connectivity index (χ1v) is 4.77. The van der Waals surface area contributed by atoms with Gasteiger partial charge in [-0.1, -0.05) is 36.4 Å². The molecular weight excluding hydrogens is 164 g/mol. The van der Waals surface area contributed by atoms with Crippen LogP contribution < -0.4 is 0 Å². The zero-order chi connectivity index (χ0) is 8.39. The Balaban J connectivity index is 2.88. The molecule has 59 valence electrons. The lowest BCUT2D eigenvalue weighted by Gasteiger charge is -1.99. The van der Waals surface area contributed by atoms with Gasteiger partial charge in [0.1, 0.15) is 0 Å². The summed E-state index contributed by atoms with van der Waals surface area (Å²) in [7, 11) is 0. The normalized spacial score (nSPS) is 10.3. The molecule has 1 heteroatoms. The van der Waals surface area contributed by atoms with E-state index < -0.39 is 0 Å². The summed E-state index contributed by atoms with van der Waals surface area (Å²) in [5.41, 5.74) is 0. The molecule has 0 atom stereocenters. The van der Waals surface area contributed by atoms with Crippen molar-refractivity contribution in [1.82, 2.24) is 0 Å². The highest BCUT2D eigenvalue weighted by molar-refractivity contribution is 7.96. The summed E-state index contributed by atoms with van der Waals surface area (Å²) >= 11 is 0.841. The molecule has 2 aromatic rings. The molecule has 0 aromatic heterocycles. The molecule has 2 rings (SSSR count). The molecule has 0 aliphatic rings. The Bertz CT molecular complexity index is 413. The van der Waals surface area contributed by atoms with Gasteiger partial charge in [-0.2, -0.15) is 11.4 Å². The molecule has 0 saturated heterocycles. The Kier molecular flexibility index (Phi) is 1.96. The third kappa shape index (κ3) is 1.16. The Labute approximate surface area is 75.8 Å². The highest BCUT2D eigenvalue weighted by atomic mass is 32.1. The summed E-state index contributed by atoms with van der Waals surface area (Å²) in [6.45, 7) is 0. The molecule has 0 unspecified atom stereocenters. The summed E-state index contributed by atoms with van der Waals surface area (Å²) in [4.78, 5) is 1.19. The Morgan fingerprint density at radius 3 is 2.50 bits per heavy atom. The van der Waals surface area contributed by atoms with Crippen molar-refractivity contribution in [3.8, 4) is 0 Å². The van der Waals surface area contributed by atoms with Crippen LogP contribution in [0.1, 0.15) is 0 Å². The number of fused-ring (bicyclic) bond motifs is 1. The van der Waals surface area contributed by atoms with E-state index in [-0.39, 0.29) is 0 Å². The summed E-state index contributed by atoms with van der Waals surface area (Å²) in [6.07, 6.45) is 0. The van der Waals surface area contributed by atoms with E-state index in [0.717, 1.165) is 11.4 Å². The smallest absolute Gasteiger partial charge is 0.00672 e. The van der Waals surface area contributed by atoms with Crippen LogP contribution >= 0.6 is 11.4 Å². The van der Waals surface area contributed by atoms with Crippen molar-refractivity contribution in [2.24, 2.45) is 0 Å². The van der Waals surface area contributed by atoms with Crippen LogP contribution in [0.3, 0.4) is 0 Å². The fraction of sp³-hybridized carbons (Fsp3) is 0. The molecule has 1 radical (unpaired) electrons. The molecule has 0 aliphatic carbocycles. The molecule has 0 spiro atoms. The van der Waals surface area contributed by atoms with E-state index in [1.807, 2.05) is 18.2 Å². The van der Waals surface area contributed by atoms with Gasteiger partial charge in [0, 0.05) is 4.90 Å². The van der Waals surface area contributed by atoms with Crippen molar-refractivity contribution in [1.29, 1.82) is 0 Å². The van der Waals surface area contributed by atoms with Gasteiger partial charge < -0.3 is 0 Å². The average Bonchev–Trinajstić information content (AvgIpc) is 2.17. The predicted molar refractivity (Wildman–Crippen MR) is 57.3 cm³/mol. The van der Waals surface area contributed by atoms with E-state index in [1.54, 1.807) is 0 Å².